The van der Waals surface area contributed by atoms with E-state index in [0.29, 0.717) is 11.6 Å². The van der Waals surface area contributed by atoms with Crippen molar-refractivity contribution in [2.24, 2.45) is 5.92 Å². The third kappa shape index (κ3) is 5.53. The number of carboxylic acid groups (broad SMARTS) is 1. The number of carboxylic acids is 1. The Bertz CT molecular complexity index is 400. The third-order valence-corrected chi connectivity index (χ3v) is 3.22. The van der Waals surface area contributed by atoms with E-state index in [1.807, 2.05) is 0 Å². The lowest BCUT2D eigenvalue weighted by Gasteiger charge is -2.08. The number of rotatable bonds is 7. The lowest BCUT2D eigenvalue weighted by molar-refractivity contribution is -0.140. The van der Waals surface area contributed by atoms with Gasteiger partial charge < -0.3 is 5.11 Å². The zero-order chi connectivity index (χ0) is 13.4. The van der Waals surface area contributed by atoms with Crippen molar-refractivity contribution in [3.05, 3.63) is 24.4 Å². The molecule has 0 radical (unpaired) electrons. The summed E-state index contributed by atoms with van der Waals surface area (Å²) in [5.41, 5.74) is 5.15. The average Bonchev–Trinajstić information content (AvgIpc) is 2.37. The number of thioether (sulfide) groups is 1. The van der Waals surface area contributed by atoms with Gasteiger partial charge in [0.05, 0.1) is 11.7 Å². The van der Waals surface area contributed by atoms with Crippen molar-refractivity contribution in [3.63, 3.8) is 0 Å². The van der Waals surface area contributed by atoms with Gasteiger partial charge in [-0.05, 0) is 12.1 Å². The normalized spacial score (nSPS) is 11.6. The van der Waals surface area contributed by atoms with Crippen LogP contribution in [0.3, 0.4) is 0 Å². The Balaban J connectivity index is 2.17. The van der Waals surface area contributed by atoms with Crippen LogP contribution in [-0.4, -0.2) is 33.5 Å². The molecule has 0 fully saturated rings. The minimum Gasteiger partial charge on any atom is -0.481 e. The Morgan fingerprint density at radius 2 is 2.28 bits per heavy atom. The van der Waals surface area contributed by atoms with Gasteiger partial charge in [-0.2, -0.15) is 11.8 Å². The van der Waals surface area contributed by atoms with Crippen LogP contribution in [0.1, 0.15) is 6.92 Å². The number of anilines is 1. The minimum atomic E-state index is -0.852. The first kappa shape index (κ1) is 14.3. The van der Waals surface area contributed by atoms with Crippen molar-refractivity contribution in [1.82, 2.24) is 10.4 Å². The van der Waals surface area contributed by atoms with Gasteiger partial charge in [-0.15, -0.1) is 0 Å². The molecule has 0 bridgehead atoms. The number of hydrazine groups is 1. The summed E-state index contributed by atoms with van der Waals surface area (Å²) in [4.78, 5) is 25.9. The smallest absolute Gasteiger partial charge is 0.307 e. The third-order valence-electron chi connectivity index (χ3n) is 2.02. The van der Waals surface area contributed by atoms with E-state index in [0.717, 1.165) is 0 Å². The van der Waals surface area contributed by atoms with Crippen LogP contribution in [0.4, 0.5) is 5.82 Å². The summed E-state index contributed by atoms with van der Waals surface area (Å²) in [6.45, 7) is 1.61. The van der Waals surface area contributed by atoms with Gasteiger partial charge in [-0.1, -0.05) is 13.0 Å². The highest BCUT2D eigenvalue weighted by Gasteiger charge is 2.11. The fraction of sp³-hybridized carbons (Fsp3) is 0.364. The minimum absolute atomic E-state index is 0.206. The van der Waals surface area contributed by atoms with Crippen LogP contribution in [0.15, 0.2) is 24.4 Å². The topological polar surface area (TPSA) is 91.3 Å². The molecule has 0 aliphatic rings. The summed E-state index contributed by atoms with van der Waals surface area (Å²) in [5.74, 6) is -0.358. The van der Waals surface area contributed by atoms with Gasteiger partial charge >= 0.3 is 5.97 Å². The molecule has 1 atom stereocenters. The molecule has 3 N–H and O–H groups in total. The highest BCUT2D eigenvalue weighted by atomic mass is 32.2. The van der Waals surface area contributed by atoms with Crippen molar-refractivity contribution in [3.8, 4) is 0 Å². The Labute approximate surface area is 109 Å². The predicted molar refractivity (Wildman–Crippen MR) is 70.1 cm³/mol. The molecule has 0 spiro atoms. The van der Waals surface area contributed by atoms with Gasteiger partial charge in [0.25, 0.3) is 0 Å². The van der Waals surface area contributed by atoms with E-state index in [1.165, 1.54) is 11.8 Å². The molecule has 1 amide bonds. The zero-order valence-corrected chi connectivity index (χ0v) is 10.7. The molecule has 0 saturated heterocycles. The van der Waals surface area contributed by atoms with Crippen molar-refractivity contribution >= 4 is 29.5 Å². The predicted octanol–water partition coefficient (Wildman–Crippen LogP) is 0.979. The number of aromatic nitrogens is 1. The molecule has 0 aliphatic carbocycles. The molecular weight excluding hydrogens is 254 g/mol. The number of hydrogen-bond donors (Lipinski definition) is 3. The van der Waals surface area contributed by atoms with Crippen LogP contribution < -0.4 is 10.9 Å². The second kappa shape index (κ2) is 7.54. The van der Waals surface area contributed by atoms with E-state index in [4.69, 9.17) is 5.11 Å². The van der Waals surface area contributed by atoms with Crippen molar-refractivity contribution in [2.45, 2.75) is 6.92 Å². The lowest BCUT2D eigenvalue weighted by atomic mass is 10.2. The van der Waals surface area contributed by atoms with Crippen LogP contribution >= 0.6 is 11.8 Å². The van der Waals surface area contributed by atoms with Gasteiger partial charge in [0.2, 0.25) is 5.91 Å². The zero-order valence-electron chi connectivity index (χ0n) is 9.92. The maximum atomic E-state index is 11.4. The number of amides is 1. The first-order valence-electron chi connectivity index (χ1n) is 5.36. The van der Waals surface area contributed by atoms with Gasteiger partial charge in [0.1, 0.15) is 5.82 Å². The van der Waals surface area contributed by atoms with E-state index in [1.54, 1.807) is 31.3 Å². The fourth-order valence-electron chi connectivity index (χ4n) is 1.01. The molecule has 0 aromatic carbocycles. The van der Waals surface area contributed by atoms with Crippen molar-refractivity contribution in [1.29, 1.82) is 0 Å². The molecule has 18 heavy (non-hydrogen) atoms. The largest absolute Gasteiger partial charge is 0.481 e. The average molecular weight is 269 g/mol. The van der Waals surface area contributed by atoms with Gasteiger partial charge in [-0.25, -0.2) is 4.98 Å². The lowest BCUT2D eigenvalue weighted by Crippen LogP contribution is -2.31. The first-order valence-corrected chi connectivity index (χ1v) is 6.51. The van der Waals surface area contributed by atoms with E-state index < -0.39 is 11.9 Å². The fourth-order valence-corrected chi connectivity index (χ4v) is 1.88. The van der Waals surface area contributed by atoms with E-state index in [2.05, 4.69) is 15.8 Å². The molecular formula is C11H15N3O3S. The van der Waals surface area contributed by atoms with Crippen LogP contribution in [0.25, 0.3) is 0 Å². The summed E-state index contributed by atoms with van der Waals surface area (Å²) in [7, 11) is 0. The number of nitrogens with zero attached hydrogens (tertiary/aromatic N) is 1. The molecule has 98 valence electrons. The molecule has 6 nitrogen and oxygen atoms in total. The maximum absolute atomic E-state index is 11.4. The number of carbonyl (C=O) groups excluding carboxylic acids is 1. The van der Waals surface area contributed by atoms with E-state index >= 15 is 0 Å². The van der Waals surface area contributed by atoms with Crippen molar-refractivity contribution in [2.75, 3.05) is 16.9 Å². The summed E-state index contributed by atoms with van der Waals surface area (Å²) in [5, 5.41) is 8.66. The van der Waals surface area contributed by atoms with Gasteiger partial charge in [0, 0.05) is 11.9 Å². The number of pyridine rings is 1. The highest BCUT2D eigenvalue weighted by Crippen LogP contribution is 2.08. The van der Waals surface area contributed by atoms with Crippen LogP contribution in [0, 0.1) is 5.92 Å². The van der Waals surface area contributed by atoms with E-state index in [9.17, 15) is 9.59 Å². The summed E-state index contributed by atoms with van der Waals surface area (Å²) in [6, 6.07) is 5.29. The summed E-state index contributed by atoms with van der Waals surface area (Å²) < 4.78 is 0. The molecule has 7 heteroatoms. The monoisotopic (exact) mass is 269 g/mol. The Kier molecular flexibility index (Phi) is 5.99. The number of aliphatic carboxylic acids is 1. The Morgan fingerprint density at radius 3 is 2.89 bits per heavy atom. The van der Waals surface area contributed by atoms with Gasteiger partial charge in [0.15, 0.2) is 0 Å². The highest BCUT2D eigenvalue weighted by molar-refractivity contribution is 7.99. The molecule has 1 aromatic heterocycles. The molecule has 1 heterocycles. The standard InChI is InChI=1S/C11H15N3O3S/c1-8(11(16)17)6-18-7-10(15)14-13-9-4-2-3-5-12-9/h2-5,8H,6-7H2,1H3,(H,12,13)(H,14,15)(H,16,17). The number of nitrogens with one attached hydrogen (secondary N) is 2. The first-order chi connectivity index (χ1) is 8.59. The molecule has 1 rings (SSSR count). The van der Waals surface area contributed by atoms with E-state index in [-0.39, 0.29) is 11.7 Å². The SMILES string of the molecule is CC(CSCC(=O)NNc1ccccn1)C(=O)O. The molecule has 1 aromatic rings. The molecule has 0 saturated carbocycles. The quantitative estimate of drug-likeness (QED) is 0.639. The Hall–Kier alpha value is -1.76. The van der Waals surface area contributed by atoms with Crippen LogP contribution in [-0.2, 0) is 9.59 Å². The van der Waals surface area contributed by atoms with Crippen molar-refractivity contribution < 1.29 is 14.7 Å². The molecule has 0 aliphatic heterocycles. The summed E-state index contributed by atoms with van der Waals surface area (Å²) in [6.07, 6.45) is 1.61. The van der Waals surface area contributed by atoms with Crippen LogP contribution in [0.2, 0.25) is 0 Å². The Morgan fingerprint density at radius 1 is 1.50 bits per heavy atom. The van der Waals surface area contributed by atoms with Crippen LogP contribution in [0.5, 0.6) is 0 Å². The second-order valence-corrected chi connectivity index (χ2v) is 4.67. The molecule has 1 unspecified atom stereocenters. The maximum Gasteiger partial charge on any atom is 0.307 e. The second-order valence-electron chi connectivity index (χ2n) is 3.64. The number of carbonyl (C=O) groups is 2. The summed E-state index contributed by atoms with van der Waals surface area (Å²) >= 11 is 1.28. The number of hydrogen-bond acceptors (Lipinski definition) is 5. The van der Waals surface area contributed by atoms with Gasteiger partial charge in [-0.3, -0.25) is 20.4 Å².